The minimum atomic E-state index is -0.378. The summed E-state index contributed by atoms with van der Waals surface area (Å²) in [5.41, 5.74) is 0. The first kappa shape index (κ1) is 10.4. The van der Waals surface area contributed by atoms with Gasteiger partial charge in [-0.25, -0.2) is 0 Å². The molecular weight excluding hydrogens is 212 g/mol. The second-order valence-corrected chi connectivity index (χ2v) is 3.52. The van der Waals surface area contributed by atoms with Crippen LogP contribution in [-0.4, -0.2) is 30.7 Å². The summed E-state index contributed by atoms with van der Waals surface area (Å²) in [4.78, 5) is 34.7. The van der Waals surface area contributed by atoms with Crippen molar-refractivity contribution in [2.24, 2.45) is 0 Å². The molecule has 1 N–H and O–H groups in total. The van der Waals surface area contributed by atoms with Crippen molar-refractivity contribution in [1.82, 2.24) is 5.32 Å². The topological polar surface area (TPSA) is 79.6 Å². The van der Waals surface area contributed by atoms with Crippen LogP contribution in [0.25, 0.3) is 0 Å². The van der Waals surface area contributed by atoms with E-state index in [0.29, 0.717) is 5.88 Å². The van der Waals surface area contributed by atoms with Crippen LogP contribution in [0.3, 0.4) is 0 Å². The molecule has 0 bridgehead atoms. The van der Waals surface area contributed by atoms with Gasteiger partial charge in [-0.3, -0.25) is 19.7 Å². The van der Waals surface area contributed by atoms with Crippen LogP contribution in [0.15, 0.2) is 16.5 Å². The number of anilines is 1. The van der Waals surface area contributed by atoms with E-state index in [0.717, 1.165) is 0 Å². The molecule has 0 saturated carbocycles. The van der Waals surface area contributed by atoms with Gasteiger partial charge in [0, 0.05) is 13.0 Å². The molecule has 2 rings (SSSR count). The third kappa shape index (κ3) is 1.95. The summed E-state index contributed by atoms with van der Waals surface area (Å²) >= 11 is 0. The Morgan fingerprint density at radius 1 is 1.31 bits per heavy atom. The fourth-order valence-electron chi connectivity index (χ4n) is 1.48. The molecule has 2 heterocycles. The molecule has 2 amide bonds. The fourth-order valence-corrected chi connectivity index (χ4v) is 1.48. The molecule has 0 atom stereocenters. The smallest absolute Gasteiger partial charge is 0.246 e. The Hall–Kier alpha value is -2.11. The quantitative estimate of drug-likeness (QED) is 0.560. The number of carbonyl (C=O) groups is 3. The van der Waals surface area contributed by atoms with Gasteiger partial charge in [0.2, 0.25) is 11.8 Å². The fraction of sp³-hybridized carbons (Fsp3) is 0.300. The van der Waals surface area contributed by atoms with Crippen molar-refractivity contribution in [3.05, 3.63) is 17.9 Å². The van der Waals surface area contributed by atoms with E-state index in [4.69, 9.17) is 4.42 Å². The average Bonchev–Trinajstić information content (AvgIpc) is 2.64. The molecule has 0 aliphatic carbocycles. The summed E-state index contributed by atoms with van der Waals surface area (Å²) < 4.78 is 5.23. The molecule has 1 aromatic rings. The molecule has 0 spiro atoms. The van der Waals surface area contributed by atoms with E-state index in [1.807, 2.05) is 0 Å². The van der Waals surface area contributed by atoms with Crippen molar-refractivity contribution >= 4 is 23.5 Å². The van der Waals surface area contributed by atoms with Gasteiger partial charge in [0.1, 0.15) is 13.1 Å². The van der Waals surface area contributed by atoms with Crippen molar-refractivity contribution in [1.29, 1.82) is 0 Å². The second kappa shape index (κ2) is 3.80. The second-order valence-electron chi connectivity index (χ2n) is 3.52. The molecule has 1 aliphatic rings. The van der Waals surface area contributed by atoms with Crippen LogP contribution in [-0.2, 0) is 9.59 Å². The molecule has 84 valence electrons. The minimum Gasteiger partial charge on any atom is -0.437 e. The van der Waals surface area contributed by atoms with Gasteiger partial charge in [0.05, 0.1) is 0 Å². The van der Waals surface area contributed by atoms with E-state index in [1.165, 1.54) is 17.9 Å². The summed E-state index contributed by atoms with van der Waals surface area (Å²) in [5, 5.41) is 2.18. The molecule has 0 radical (unpaired) electrons. The zero-order valence-corrected chi connectivity index (χ0v) is 8.65. The number of piperazine rings is 1. The standard InChI is InChI=1S/C10H10N2O4/c1-6(13)7-2-3-10(16-7)12-4-8(14)11-9(15)5-12/h2-3H,4-5H2,1H3,(H,11,14,15). The lowest BCUT2D eigenvalue weighted by Gasteiger charge is -2.24. The summed E-state index contributed by atoms with van der Waals surface area (Å²) in [6, 6.07) is 3.09. The summed E-state index contributed by atoms with van der Waals surface area (Å²) in [7, 11) is 0. The number of carbonyl (C=O) groups excluding carboxylic acids is 3. The molecular formula is C10H10N2O4. The number of hydrogen-bond acceptors (Lipinski definition) is 5. The van der Waals surface area contributed by atoms with E-state index in [9.17, 15) is 14.4 Å². The van der Waals surface area contributed by atoms with Gasteiger partial charge < -0.3 is 9.32 Å². The average molecular weight is 222 g/mol. The number of amides is 2. The Morgan fingerprint density at radius 2 is 1.94 bits per heavy atom. The zero-order valence-electron chi connectivity index (χ0n) is 8.65. The van der Waals surface area contributed by atoms with Crippen LogP contribution < -0.4 is 10.2 Å². The number of imide groups is 1. The number of Topliss-reactive ketones (excluding diaryl/α,β-unsaturated/α-hetero) is 1. The third-order valence-corrected chi connectivity index (χ3v) is 2.20. The van der Waals surface area contributed by atoms with Gasteiger partial charge in [-0.05, 0) is 6.07 Å². The molecule has 1 saturated heterocycles. The zero-order chi connectivity index (χ0) is 11.7. The van der Waals surface area contributed by atoms with Crippen molar-refractivity contribution in [3.63, 3.8) is 0 Å². The molecule has 0 unspecified atom stereocenters. The highest BCUT2D eigenvalue weighted by Crippen LogP contribution is 2.19. The Bertz CT molecular complexity index is 447. The molecule has 6 heteroatoms. The van der Waals surface area contributed by atoms with E-state index in [1.54, 1.807) is 6.07 Å². The molecule has 16 heavy (non-hydrogen) atoms. The number of furan rings is 1. The van der Waals surface area contributed by atoms with Crippen LogP contribution in [0.2, 0.25) is 0 Å². The SMILES string of the molecule is CC(=O)c1ccc(N2CC(=O)NC(=O)C2)o1. The molecule has 0 aromatic carbocycles. The van der Waals surface area contributed by atoms with E-state index in [-0.39, 0.29) is 36.4 Å². The molecule has 1 aromatic heterocycles. The first-order valence-electron chi connectivity index (χ1n) is 4.74. The van der Waals surface area contributed by atoms with Crippen LogP contribution in [0.4, 0.5) is 5.88 Å². The van der Waals surface area contributed by atoms with Gasteiger partial charge in [0.25, 0.3) is 0 Å². The molecule has 1 aliphatic heterocycles. The highest BCUT2D eigenvalue weighted by atomic mass is 16.4. The van der Waals surface area contributed by atoms with Crippen LogP contribution >= 0.6 is 0 Å². The van der Waals surface area contributed by atoms with Gasteiger partial charge in [-0.1, -0.05) is 0 Å². The molecule has 6 nitrogen and oxygen atoms in total. The highest BCUT2D eigenvalue weighted by molar-refractivity contribution is 6.02. The number of rotatable bonds is 2. The Balaban J connectivity index is 2.19. The van der Waals surface area contributed by atoms with E-state index < -0.39 is 0 Å². The maximum absolute atomic E-state index is 11.1. The Kier molecular flexibility index (Phi) is 2.47. The normalized spacial score (nSPS) is 16.2. The largest absolute Gasteiger partial charge is 0.437 e. The van der Waals surface area contributed by atoms with E-state index >= 15 is 0 Å². The number of hydrogen-bond donors (Lipinski definition) is 1. The lowest BCUT2D eigenvalue weighted by atomic mass is 10.3. The van der Waals surface area contributed by atoms with Crippen molar-refractivity contribution in [3.8, 4) is 0 Å². The Labute approximate surface area is 91.2 Å². The Morgan fingerprint density at radius 3 is 2.44 bits per heavy atom. The third-order valence-electron chi connectivity index (χ3n) is 2.20. The van der Waals surface area contributed by atoms with Gasteiger partial charge in [-0.2, -0.15) is 0 Å². The predicted octanol–water partition coefficient (Wildman–Crippen LogP) is -0.0550. The summed E-state index contributed by atoms with van der Waals surface area (Å²) in [6.45, 7) is 1.49. The van der Waals surface area contributed by atoms with Crippen LogP contribution in [0.1, 0.15) is 17.5 Å². The van der Waals surface area contributed by atoms with Crippen molar-refractivity contribution < 1.29 is 18.8 Å². The van der Waals surface area contributed by atoms with Gasteiger partial charge >= 0.3 is 0 Å². The number of ketones is 1. The van der Waals surface area contributed by atoms with Crippen LogP contribution in [0, 0.1) is 0 Å². The minimum absolute atomic E-state index is 0.0522. The monoisotopic (exact) mass is 222 g/mol. The first-order chi connectivity index (χ1) is 7.56. The van der Waals surface area contributed by atoms with Gasteiger partial charge in [-0.15, -0.1) is 0 Å². The maximum Gasteiger partial charge on any atom is 0.246 e. The van der Waals surface area contributed by atoms with Crippen molar-refractivity contribution in [2.75, 3.05) is 18.0 Å². The predicted molar refractivity (Wildman–Crippen MR) is 54.1 cm³/mol. The summed E-state index contributed by atoms with van der Waals surface area (Å²) in [6.07, 6.45) is 0. The van der Waals surface area contributed by atoms with Crippen LogP contribution in [0.5, 0.6) is 0 Å². The molecule has 1 fully saturated rings. The lowest BCUT2D eigenvalue weighted by Crippen LogP contribution is -2.51. The number of nitrogens with zero attached hydrogens (tertiary/aromatic N) is 1. The van der Waals surface area contributed by atoms with Crippen molar-refractivity contribution in [2.45, 2.75) is 6.92 Å². The van der Waals surface area contributed by atoms with Gasteiger partial charge in [0.15, 0.2) is 17.4 Å². The van der Waals surface area contributed by atoms with E-state index in [2.05, 4.69) is 5.32 Å². The highest BCUT2D eigenvalue weighted by Gasteiger charge is 2.24. The maximum atomic E-state index is 11.1. The number of nitrogens with one attached hydrogen (secondary N) is 1. The lowest BCUT2D eigenvalue weighted by molar-refractivity contribution is -0.130. The summed E-state index contributed by atoms with van der Waals surface area (Å²) in [5.74, 6) is -0.380. The first-order valence-corrected chi connectivity index (χ1v) is 4.74.